The molecular weight excluding hydrogens is 718 g/mol. The lowest BCUT2D eigenvalue weighted by Gasteiger charge is -2.04. The SMILES string of the molecule is COCCOCCOCCOC.COCCOCCOCCOC.C[Si](C)(C)Cl.O=S(=O)(O)C(F)(F)F.O=S(=O)(O)C(F)(F)F. The molecule has 0 aliphatic rings. The van der Waals surface area contributed by atoms with Crippen molar-refractivity contribution in [2.24, 2.45) is 0 Å². The molecule has 0 amide bonds. The number of alkyl halides is 6. The predicted molar refractivity (Wildman–Crippen MR) is 155 cm³/mol. The normalized spacial score (nSPS) is 11.9. The van der Waals surface area contributed by atoms with E-state index in [0.29, 0.717) is 79.3 Å². The summed E-state index contributed by atoms with van der Waals surface area (Å²) in [6.45, 7) is 13.8. The molecule has 0 atom stereocenters. The third kappa shape index (κ3) is 59.5. The van der Waals surface area contributed by atoms with E-state index in [1.165, 1.54) is 0 Å². The van der Waals surface area contributed by atoms with E-state index in [1.807, 2.05) is 0 Å². The minimum atomic E-state index is -5.84. The molecular formula is C21H47ClF6O14S2Si. The highest BCUT2D eigenvalue weighted by atomic mass is 35.6. The van der Waals surface area contributed by atoms with Crippen LogP contribution in [-0.2, 0) is 58.1 Å². The van der Waals surface area contributed by atoms with Gasteiger partial charge in [-0.2, -0.15) is 54.3 Å². The Kier molecular flexibility index (Phi) is 38.6. The summed E-state index contributed by atoms with van der Waals surface area (Å²) in [4.78, 5) is 0. The smallest absolute Gasteiger partial charge is 0.382 e. The quantitative estimate of drug-likeness (QED) is 0.0517. The Morgan fingerprint density at radius 1 is 0.489 bits per heavy atom. The lowest BCUT2D eigenvalue weighted by molar-refractivity contribution is -0.0514. The molecule has 0 heterocycles. The van der Waals surface area contributed by atoms with Crippen LogP contribution in [-0.4, -0.2) is 152 Å². The molecule has 0 aliphatic carbocycles. The van der Waals surface area contributed by atoms with Gasteiger partial charge < -0.3 is 37.9 Å². The summed E-state index contributed by atoms with van der Waals surface area (Å²) in [6, 6.07) is 0. The lowest BCUT2D eigenvalue weighted by Crippen LogP contribution is -2.21. The number of methoxy groups -OCH3 is 4. The molecule has 280 valence electrons. The van der Waals surface area contributed by atoms with Gasteiger partial charge in [-0.15, -0.1) is 0 Å². The van der Waals surface area contributed by atoms with Crippen molar-refractivity contribution in [3.05, 3.63) is 0 Å². The maximum absolute atomic E-state index is 10.7. The standard InChI is InChI=1S/2C8H18O4.C3H9ClSi.2CHF3O3S/c2*1-9-3-5-11-7-8-12-6-4-10-2;1-5(2,3)4;2*2-1(3,4)8(5,6)7/h2*3-8H2,1-2H3;1-3H3;2*(H,5,6,7). The molecule has 0 fully saturated rings. The number of hydrogen-bond donors (Lipinski definition) is 2. The van der Waals surface area contributed by atoms with Gasteiger partial charge in [-0.3, -0.25) is 9.11 Å². The largest absolute Gasteiger partial charge is 0.522 e. The number of hydrogen-bond acceptors (Lipinski definition) is 12. The highest BCUT2D eigenvalue weighted by Gasteiger charge is 2.45. The van der Waals surface area contributed by atoms with Crippen molar-refractivity contribution in [2.45, 2.75) is 30.7 Å². The first-order valence-corrected chi connectivity index (χ1v) is 19.8. The van der Waals surface area contributed by atoms with Crippen molar-refractivity contribution in [1.82, 2.24) is 0 Å². The van der Waals surface area contributed by atoms with Gasteiger partial charge in [0.05, 0.1) is 79.3 Å². The zero-order valence-corrected chi connectivity index (χ0v) is 29.6. The van der Waals surface area contributed by atoms with Gasteiger partial charge in [-0.1, -0.05) is 19.6 Å². The summed E-state index contributed by atoms with van der Waals surface area (Å²) < 4.78 is 155. The molecule has 0 aromatic carbocycles. The monoisotopic (exact) mass is 764 g/mol. The van der Waals surface area contributed by atoms with Gasteiger partial charge in [0, 0.05) is 28.4 Å². The first kappa shape index (κ1) is 54.1. The molecule has 0 spiro atoms. The summed E-state index contributed by atoms with van der Waals surface area (Å²) in [5.41, 5.74) is -11.1. The van der Waals surface area contributed by atoms with E-state index in [1.54, 1.807) is 28.4 Å². The topological polar surface area (TPSA) is 183 Å². The summed E-state index contributed by atoms with van der Waals surface area (Å²) in [6.07, 6.45) is 0. The van der Waals surface area contributed by atoms with E-state index >= 15 is 0 Å². The highest BCUT2D eigenvalue weighted by molar-refractivity contribution is 7.86. The maximum atomic E-state index is 10.7. The van der Waals surface area contributed by atoms with Gasteiger partial charge in [0.1, 0.15) is 7.38 Å². The van der Waals surface area contributed by atoms with Gasteiger partial charge >= 0.3 is 31.3 Å². The third-order valence-corrected chi connectivity index (χ3v) is 4.23. The fourth-order valence-electron chi connectivity index (χ4n) is 1.21. The minimum Gasteiger partial charge on any atom is -0.382 e. The van der Waals surface area contributed by atoms with Crippen LogP contribution < -0.4 is 0 Å². The van der Waals surface area contributed by atoms with Crippen LogP contribution in [0, 0.1) is 0 Å². The van der Waals surface area contributed by atoms with E-state index in [9.17, 15) is 26.3 Å². The Hall–Kier alpha value is -0.413. The first-order valence-electron chi connectivity index (χ1n) is 12.4. The molecule has 24 heteroatoms. The Morgan fingerprint density at radius 3 is 0.689 bits per heavy atom. The number of ether oxygens (including phenoxy) is 8. The Labute approximate surface area is 267 Å². The summed E-state index contributed by atoms with van der Waals surface area (Å²) >= 11 is 5.67. The highest BCUT2D eigenvalue weighted by Crippen LogP contribution is 2.21. The summed E-state index contributed by atoms with van der Waals surface area (Å²) in [5, 5.41) is 0. The molecule has 0 radical (unpaired) electrons. The van der Waals surface area contributed by atoms with E-state index < -0.39 is 38.6 Å². The maximum Gasteiger partial charge on any atom is 0.522 e. The van der Waals surface area contributed by atoms with Crippen LogP contribution in [0.15, 0.2) is 0 Å². The summed E-state index contributed by atoms with van der Waals surface area (Å²) in [7, 11) is -6.21. The molecule has 2 N–H and O–H groups in total. The first-order chi connectivity index (χ1) is 20.3. The summed E-state index contributed by atoms with van der Waals surface area (Å²) in [5.74, 6) is 0. The van der Waals surface area contributed by atoms with Crippen LogP contribution >= 0.6 is 11.1 Å². The van der Waals surface area contributed by atoms with Crippen LogP contribution in [0.1, 0.15) is 0 Å². The van der Waals surface area contributed by atoms with Gasteiger partial charge in [-0.25, -0.2) is 0 Å². The number of halogens is 7. The molecule has 0 aliphatic heterocycles. The zero-order chi connectivity index (χ0) is 36.6. The van der Waals surface area contributed by atoms with Crippen molar-refractivity contribution in [3.63, 3.8) is 0 Å². The number of rotatable bonds is 18. The van der Waals surface area contributed by atoms with Gasteiger partial charge in [0.2, 0.25) is 0 Å². The molecule has 0 saturated carbocycles. The minimum absolute atomic E-state index is 0.618. The molecule has 0 aromatic rings. The van der Waals surface area contributed by atoms with Gasteiger partial charge in [0.15, 0.2) is 0 Å². The zero-order valence-electron chi connectivity index (χ0n) is 26.2. The Morgan fingerprint density at radius 2 is 0.600 bits per heavy atom. The molecule has 0 saturated heterocycles. The van der Waals surface area contributed by atoms with Crippen molar-refractivity contribution in [3.8, 4) is 0 Å². The molecule has 0 rings (SSSR count). The van der Waals surface area contributed by atoms with Crippen LogP contribution in [0.25, 0.3) is 0 Å². The fourth-order valence-corrected chi connectivity index (χ4v) is 1.21. The second kappa shape index (κ2) is 32.1. The van der Waals surface area contributed by atoms with Crippen molar-refractivity contribution < 1.29 is 90.2 Å². The third-order valence-electron chi connectivity index (χ3n) is 3.06. The average Bonchev–Trinajstić information content (AvgIpc) is 2.85. The Balaban J connectivity index is -0.000000153. The second-order valence-corrected chi connectivity index (χ2v) is 18.7. The average molecular weight is 765 g/mol. The van der Waals surface area contributed by atoms with Crippen molar-refractivity contribution in [2.75, 3.05) is 108 Å². The van der Waals surface area contributed by atoms with Crippen LogP contribution in [0.4, 0.5) is 26.3 Å². The van der Waals surface area contributed by atoms with Crippen molar-refractivity contribution >= 4 is 38.7 Å². The van der Waals surface area contributed by atoms with Gasteiger partial charge in [-0.05, 0) is 0 Å². The van der Waals surface area contributed by atoms with E-state index in [4.69, 9.17) is 74.9 Å². The van der Waals surface area contributed by atoms with E-state index in [-0.39, 0.29) is 0 Å². The lowest BCUT2D eigenvalue weighted by atomic mass is 10.7. The molecule has 45 heavy (non-hydrogen) atoms. The molecule has 0 bridgehead atoms. The van der Waals surface area contributed by atoms with Gasteiger partial charge in [0.25, 0.3) is 0 Å². The van der Waals surface area contributed by atoms with Crippen LogP contribution in [0.2, 0.25) is 19.6 Å². The second-order valence-electron chi connectivity index (χ2n) is 8.33. The Bertz CT molecular complexity index is 743. The van der Waals surface area contributed by atoms with Crippen molar-refractivity contribution in [1.29, 1.82) is 0 Å². The predicted octanol–water partition coefficient (Wildman–Crippen LogP) is 3.47. The molecule has 14 nitrogen and oxygen atoms in total. The van der Waals surface area contributed by atoms with E-state index in [2.05, 4.69) is 19.6 Å². The molecule has 0 aromatic heterocycles. The van der Waals surface area contributed by atoms with Crippen LogP contribution in [0.3, 0.4) is 0 Å². The van der Waals surface area contributed by atoms with Crippen LogP contribution in [0.5, 0.6) is 0 Å². The fraction of sp³-hybridized carbons (Fsp3) is 1.00. The van der Waals surface area contributed by atoms with E-state index in [0.717, 1.165) is 0 Å². The molecule has 0 unspecified atom stereocenters.